The molecule has 1 heterocycles. The highest BCUT2D eigenvalue weighted by molar-refractivity contribution is 6.48. The molecule has 1 amide bonds. The summed E-state index contributed by atoms with van der Waals surface area (Å²) >= 11 is 0. The van der Waals surface area contributed by atoms with Crippen LogP contribution in [0.1, 0.15) is 30.9 Å². The Bertz CT molecular complexity index is 875. The summed E-state index contributed by atoms with van der Waals surface area (Å²) in [7, 11) is 2.85. The molecule has 0 aromatic heterocycles. The summed E-state index contributed by atoms with van der Waals surface area (Å²) in [5.41, 5.74) is 0.829. The van der Waals surface area contributed by atoms with Gasteiger partial charge in [-0.3, -0.25) is 19.6 Å². The van der Waals surface area contributed by atoms with Crippen molar-refractivity contribution in [2.45, 2.75) is 31.7 Å². The second-order valence-electron chi connectivity index (χ2n) is 6.55. The molecule has 0 saturated carbocycles. The molecule has 1 N–H and O–H groups in total. The van der Waals surface area contributed by atoms with Crippen LogP contribution in [0.4, 0.5) is 4.39 Å². The van der Waals surface area contributed by atoms with Gasteiger partial charge in [0.2, 0.25) is 5.91 Å². The molecule has 1 aliphatic heterocycles. The van der Waals surface area contributed by atoms with Crippen LogP contribution in [0.5, 0.6) is 0 Å². The lowest BCUT2D eigenvalue weighted by Gasteiger charge is -2.36. The maximum Gasteiger partial charge on any atom is 0.321 e. The Morgan fingerprint density at radius 1 is 1.52 bits per heavy atom. The third-order valence-electron chi connectivity index (χ3n) is 5.03. The van der Waals surface area contributed by atoms with Gasteiger partial charge in [0, 0.05) is 7.05 Å². The van der Waals surface area contributed by atoms with Crippen LogP contribution in [-0.2, 0) is 26.3 Å². The summed E-state index contributed by atoms with van der Waals surface area (Å²) in [5.74, 6) is -2.33. The first kappa shape index (κ1) is 18.9. The largest absolute Gasteiger partial charge is 0.468 e. The quantitative estimate of drug-likeness (QED) is 0.501. The molecule has 7 heteroatoms. The Morgan fingerprint density at radius 2 is 2.30 bits per heavy atom. The third kappa shape index (κ3) is 3.18. The lowest BCUT2D eigenvalue weighted by Crippen LogP contribution is -2.55. The number of amides is 1. The first-order chi connectivity index (χ1) is 13.0. The molecule has 1 spiro atoms. The van der Waals surface area contributed by atoms with Crippen LogP contribution < -0.4 is 5.32 Å². The van der Waals surface area contributed by atoms with Crippen molar-refractivity contribution in [2.24, 2.45) is 15.9 Å². The van der Waals surface area contributed by atoms with Crippen LogP contribution in [0.15, 0.2) is 40.3 Å². The predicted molar refractivity (Wildman–Crippen MR) is 100 cm³/mol. The number of allylic oxidation sites excluding steroid dienone is 1. The van der Waals surface area contributed by atoms with E-state index in [0.717, 1.165) is 12.0 Å². The van der Waals surface area contributed by atoms with E-state index in [4.69, 9.17) is 9.73 Å². The van der Waals surface area contributed by atoms with E-state index in [9.17, 15) is 14.0 Å². The molecule has 1 aromatic rings. The maximum absolute atomic E-state index is 13.7. The molecule has 6 nitrogen and oxygen atoms in total. The number of aliphatic imine (C=N–C) groups is 2. The van der Waals surface area contributed by atoms with E-state index in [-0.39, 0.29) is 5.82 Å². The zero-order valence-electron chi connectivity index (χ0n) is 15.6. The highest BCUT2D eigenvalue weighted by Gasteiger charge is 2.55. The molecule has 2 atom stereocenters. The molecule has 1 aliphatic carbocycles. The number of fused-ring (bicyclic) bond motifs is 2. The second-order valence-corrected chi connectivity index (χ2v) is 6.55. The number of hydrogen-bond acceptors (Lipinski definition) is 5. The first-order valence-electron chi connectivity index (χ1n) is 8.88. The summed E-state index contributed by atoms with van der Waals surface area (Å²) in [5, 5.41) is 2.69. The van der Waals surface area contributed by atoms with E-state index in [0.29, 0.717) is 30.0 Å². The van der Waals surface area contributed by atoms with Gasteiger partial charge in [-0.05, 0) is 48.6 Å². The number of carbonyl (C=O) groups is 2. The smallest absolute Gasteiger partial charge is 0.321 e. The zero-order chi connectivity index (χ0) is 19.6. The van der Waals surface area contributed by atoms with Crippen molar-refractivity contribution in [2.75, 3.05) is 14.2 Å². The summed E-state index contributed by atoms with van der Waals surface area (Å²) in [6, 6.07) is 4.37. The van der Waals surface area contributed by atoms with Crippen molar-refractivity contribution in [3.8, 4) is 0 Å². The lowest BCUT2D eigenvalue weighted by atomic mass is 9.77. The van der Waals surface area contributed by atoms with Gasteiger partial charge in [-0.15, -0.1) is 0 Å². The summed E-state index contributed by atoms with van der Waals surface area (Å²) in [6.45, 7) is 1.99. The van der Waals surface area contributed by atoms with Gasteiger partial charge in [0.1, 0.15) is 11.4 Å². The molecule has 142 valence electrons. The summed E-state index contributed by atoms with van der Waals surface area (Å²) in [6.07, 6.45) is 5.43. The van der Waals surface area contributed by atoms with Crippen LogP contribution >= 0.6 is 0 Å². The van der Waals surface area contributed by atoms with E-state index < -0.39 is 23.3 Å². The number of hydrogen-bond donors (Lipinski definition) is 1. The summed E-state index contributed by atoms with van der Waals surface area (Å²) in [4.78, 5) is 34.3. The van der Waals surface area contributed by atoms with Crippen molar-refractivity contribution in [3.63, 3.8) is 0 Å². The number of aryl methyl sites for hydroxylation is 1. The Hall–Kier alpha value is -2.83. The average Bonchev–Trinajstić information content (AvgIpc) is 2.99. The highest BCUT2D eigenvalue weighted by atomic mass is 19.1. The molecule has 0 fully saturated rings. The van der Waals surface area contributed by atoms with Gasteiger partial charge < -0.3 is 10.1 Å². The van der Waals surface area contributed by atoms with Gasteiger partial charge in [-0.2, -0.15) is 0 Å². The third-order valence-corrected chi connectivity index (χ3v) is 5.03. The monoisotopic (exact) mass is 371 g/mol. The van der Waals surface area contributed by atoms with Crippen molar-refractivity contribution in [1.29, 1.82) is 0 Å². The minimum atomic E-state index is -1.13. The fourth-order valence-corrected chi connectivity index (χ4v) is 3.80. The topological polar surface area (TPSA) is 80.1 Å². The normalized spacial score (nSPS) is 24.7. The van der Waals surface area contributed by atoms with Crippen LogP contribution in [0.25, 0.3) is 0 Å². The number of esters is 1. The SMILES string of the molecule is CC/C=C\C(=NC)C1=NC2(CCc3cc(F)ccc32)C(C(=O)OC)C(=O)N1. The predicted octanol–water partition coefficient (Wildman–Crippen LogP) is 2.32. The fourth-order valence-electron chi connectivity index (χ4n) is 3.80. The molecule has 2 aliphatic rings. The number of rotatable bonds is 4. The number of nitrogens with one attached hydrogen (secondary N) is 1. The van der Waals surface area contributed by atoms with E-state index in [2.05, 4.69) is 10.3 Å². The number of carbonyl (C=O) groups excluding carboxylic acids is 2. The molecular formula is C20H22FN3O3. The Kier molecular flexibility index (Phi) is 5.21. The molecule has 2 unspecified atom stereocenters. The molecule has 0 saturated heterocycles. The van der Waals surface area contributed by atoms with E-state index in [1.54, 1.807) is 19.2 Å². The fraction of sp³-hybridized carbons (Fsp3) is 0.400. The minimum Gasteiger partial charge on any atom is -0.468 e. The maximum atomic E-state index is 13.7. The molecule has 0 bridgehead atoms. The zero-order valence-corrected chi connectivity index (χ0v) is 15.6. The van der Waals surface area contributed by atoms with Crippen LogP contribution in [0, 0.1) is 11.7 Å². The number of halogens is 1. The molecule has 27 heavy (non-hydrogen) atoms. The number of methoxy groups -OCH3 is 1. The number of ether oxygens (including phenoxy) is 1. The molecular weight excluding hydrogens is 349 g/mol. The standard InChI is InChI=1S/C20H22FN3O3/c1-4-5-6-15(22-2)17-23-18(25)16(19(26)27-3)20(24-17)10-9-12-11-13(21)7-8-14(12)20/h5-8,11,16H,4,9-10H2,1-3H3,(H,23,24,25)/b6-5-,22-15?. The van der Waals surface area contributed by atoms with Crippen LogP contribution in [0.2, 0.25) is 0 Å². The highest BCUT2D eigenvalue weighted by Crippen LogP contribution is 2.47. The van der Waals surface area contributed by atoms with Gasteiger partial charge in [0.05, 0.1) is 12.8 Å². The van der Waals surface area contributed by atoms with Gasteiger partial charge in [0.25, 0.3) is 0 Å². The van der Waals surface area contributed by atoms with Crippen molar-refractivity contribution in [3.05, 3.63) is 47.3 Å². The Morgan fingerprint density at radius 3 is 2.96 bits per heavy atom. The van der Waals surface area contributed by atoms with Crippen LogP contribution in [-0.4, -0.2) is 37.6 Å². The average molecular weight is 371 g/mol. The van der Waals surface area contributed by atoms with Crippen LogP contribution in [0.3, 0.4) is 0 Å². The lowest BCUT2D eigenvalue weighted by molar-refractivity contribution is -0.153. The molecule has 3 rings (SSSR count). The second kappa shape index (κ2) is 7.42. The molecule has 1 aromatic carbocycles. The van der Waals surface area contributed by atoms with Gasteiger partial charge in [-0.25, -0.2) is 4.39 Å². The van der Waals surface area contributed by atoms with E-state index in [1.807, 2.05) is 13.0 Å². The first-order valence-corrected chi connectivity index (χ1v) is 8.88. The van der Waals surface area contributed by atoms with Gasteiger partial charge >= 0.3 is 5.97 Å². The number of benzene rings is 1. The minimum absolute atomic E-state index is 0.310. The van der Waals surface area contributed by atoms with Gasteiger partial charge in [-0.1, -0.05) is 19.1 Å². The Labute approximate surface area is 157 Å². The van der Waals surface area contributed by atoms with Crippen molar-refractivity contribution < 1.29 is 18.7 Å². The Balaban J connectivity index is 2.20. The molecule has 0 radical (unpaired) electrons. The van der Waals surface area contributed by atoms with E-state index in [1.165, 1.54) is 19.2 Å². The van der Waals surface area contributed by atoms with Gasteiger partial charge in [0.15, 0.2) is 11.8 Å². The number of amidine groups is 1. The van der Waals surface area contributed by atoms with Crippen molar-refractivity contribution in [1.82, 2.24) is 5.32 Å². The van der Waals surface area contributed by atoms with Crippen molar-refractivity contribution >= 4 is 23.4 Å². The summed E-state index contributed by atoms with van der Waals surface area (Å²) < 4.78 is 18.6. The van der Waals surface area contributed by atoms with E-state index >= 15 is 0 Å². The number of nitrogens with zero attached hydrogens (tertiary/aromatic N) is 2.